The fraction of sp³-hybridized carbons (Fsp3) is 0.294. The highest BCUT2D eigenvalue weighted by Gasteiger charge is 2.25. The van der Waals surface area contributed by atoms with Crippen LogP contribution in [-0.2, 0) is 11.2 Å². The van der Waals surface area contributed by atoms with E-state index in [-0.39, 0.29) is 12.0 Å². The number of morpholine rings is 1. The first-order valence-electron chi connectivity index (χ1n) is 7.28. The molecule has 1 atom stereocenters. The average Bonchev–Trinajstić information content (AvgIpc) is 2.57. The molecule has 0 bridgehead atoms. The van der Waals surface area contributed by atoms with E-state index >= 15 is 0 Å². The molecule has 0 saturated carbocycles. The molecule has 1 aliphatic heterocycles. The Balaban J connectivity index is 1.67. The summed E-state index contributed by atoms with van der Waals surface area (Å²) in [6.45, 7) is 1.72. The number of amides is 1. The number of halogens is 1. The topological polar surface area (TPSA) is 42.4 Å². The second-order valence-electron chi connectivity index (χ2n) is 5.28. The molecule has 3 rings (SSSR count). The summed E-state index contributed by atoms with van der Waals surface area (Å²) in [6.07, 6.45) is 3.93. The maximum atomic E-state index is 12.5. The number of carbonyl (C=O) groups excluding carboxylic acids is 1. The van der Waals surface area contributed by atoms with Crippen LogP contribution in [0.5, 0.6) is 0 Å². The molecule has 1 saturated heterocycles. The molecule has 1 amide bonds. The van der Waals surface area contributed by atoms with Gasteiger partial charge in [0.15, 0.2) is 0 Å². The van der Waals surface area contributed by atoms with E-state index < -0.39 is 0 Å². The number of aromatic nitrogens is 1. The van der Waals surface area contributed by atoms with Crippen LogP contribution in [0.25, 0.3) is 0 Å². The van der Waals surface area contributed by atoms with Crippen LogP contribution >= 0.6 is 11.6 Å². The zero-order valence-corrected chi connectivity index (χ0v) is 12.9. The van der Waals surface area contributed by atoms with Gasteiger partial charge in [-0.05, 0) is 23.8 Å². The quantitative estimate of drug-likeness (QED) is 0.874. The van der Waals surface area contributed by atoms with Crippen molar-refractivity contribution in [3.8, 4) is 0 Å². The molecule has 0 aliphatic carbocycles. The van der Waals surface area contributed by atoms with Gasteiger partial charge in [0.1, 0.15) is 0 Å². The highest BCUT2D eigenvalue weighted by molar-refractivity contribution is 6.31. The van der Waals surface area contributed by atoms with Gasteiger partial charge in [0, 0.05) is 36.9 Å². The molecule has 4 nitrogen and oxygen atoms in total. The molecule has 0 radical (unpaired) electrons. The summed E-state index contributed by atoms with van der Waals surface area (Å²) in [7, 11) is 0. The molecule has 1 aromatic heterocycles. The summed E-state index contributed by atoms with van der Waals surface area (Å²) in [4.78, 5) is 18.3. The summed E-state index contributed by atoms with van der Waals surface area (Å²) in [5, 5.41) is 0.738. The first-order chi connectivity index (χ1) is 10.7. The predicted molar refractivity (Wildman–Crippen MR) is 85.0 cm³/mol. The highest BCUT2D eigenvalue weighted by Crippen LogP contribution is 2.20. The lowest BCUT2D eigenvalue weighted by molar-refractivity contribution is -0.0208. The molecule has 0 N–H and O–H groups in total. The van der Waals surface area contributed by atoms with Crippen LogP contribution in [0.3, 0.4) is 0 Å². The second-order valence-corrected chi connectivity index (χ2v) is 5.69. The van der Waals surface area contributed by atoms with E-state index in [1.807, 2.05) is 29.2 Å². The Morgan fingerprint density at radius 3 is 2.95 bits per heavy atom. The molecule has 1 aliphatic rings. The Morgan fingerprint density at radius 1 is 1.32 bits per heavy atom. The minimum absolute atomic E-state index is 0.000517. The van der Waals surface area contributed by atoms with Crippen molar-refractivity contribution in [1.82, 2.24) is 9.88 Å². The number of carbonyl (C=O) groups is 1. The molecular weight excluding hydrogens is 300 g/mol. The zero-order chi connectivity index (χ0) is 15.4. The normalized spacial score (nSPS) is 18.2. The lowest BCUT2D eigenvalue weighted by Crippen LogP contribution is -2.46. The van der Waals surface area contributed by atoms with Crippen molar-refractivity contribution in [3.05, 3.63) is 64.9 Å². The summed E-state index contributed by atoms with van der Waals surface area (Å²) in [6, 6.07) is 11.3. The maximum absolute atomic E-state index is 12.5. The number of nitrogens with zero attached hydrogens (tertiary/aromatic N) is 2. The van der Waals surface area contributed by atoms with Crippen molar-refractivity contribution in [2.75, 3.05) is 19.7 Å². The number of pyridine rings is 1. The van der Waals surface area contributed by atoms with Crippen LogP contribution < -0.4 is 0 Å². The number of hydrogen-bond donors (Lipinski definition) is 0. The van der Waals surface area contributed by atoms with E-state index in [1.165, 1.54) is 0 Å². The van der Waals surface area contributed by atoms with E-state index in [1.54, 1.807) is 24.5 Å². The molecule has 1 fully saturated rings. The third-order valence-electron chi connectivity index (χ3n) is 3.74. The van der Waals surface area contributed by atoms with Crippen LogP contribution in [0, 0.1) is 0 Å². The molecule has 1 aromatic carbocycles. The minimum Gasteiger partial charge on any atom is -0.374 e. The first-order valence-corrected chi connectivity index (χ1v) is 7.66. The van der Waals surface area contributed by atoms with Gasteiger partial charge in [-0.1, -0.05) is 29.8 Å². The molecule has 22 heavy (non-hydrogen) atoms. The van der Waals surface area contributed by atoms with Gasteiger partial charge in [0.25, 0.3) is 5.91 Å². The molecule has 2 aromatic rings. The van der Waals surface area contributed by atoms with Gasteiger partial charge >= 0.3 is 0 Å². The average molecular weight is 317 g/mol. The fourth-order valence-corrected chi connectivity index (χ4v) is 2.82. The maximum Gasteiger partial charge on any atom is 0.255 e. The van der Waals surface area contributed by atoms with Crippen LogP contribution in [-0.4, -0.2) is 41.6 Å². The largest absolute Gasteiger partial charge is 0.374 e. The van der Waals surface area contributed by atoms with E-state index in [0.717, 1.165) is 10.6 Å². The summed E-state index contributed by atoms with van der Waals surface area (Å²) in [5.74, 6) is 0.000517. The third kappa shape index (κ3) is 3.46. The Kier molecular flexibility index (Phi) is 4.71. The highest BCUT2D eigenvalue weighted by atomic mass is 35.5. The van der Waals surface area contributed by atoms with Gasteiger partial charge in [-0.3, -0.25) is 9.78 Å². The summed E-state index contributed by atoms with van der Waals surface area (Å²) in [5.41, 5.74) is 1.66. The monoisotopic (exact) mass is 316 g/mol. The van der Waals surface area contributed by atoms with Crippen LogP contribution in [0.2, 0.25) is 5.02 Å². The summed E-state index contributed by atoms with van der Waals surface area (Å²) < 4.78 is 5.79. The van der Waals surface area contributed by atoms with Gasteiger partial charge in [0.05, 0.1) is 18.3 Å². The van der Waals surface area contributed by atoms with Gasteiger partial charge in [0.2, 0.25) is 0 Å². The molecule has 5 heteroatoms. The van der Waals surface area contributed by atoms with E-state index in [9.17, 15) is 4.79 Å². The predicted octanol–water partition coefficient (Wildman–Crippen LogP) is 2.82. The lowest BCUT2D eigenvalue weighted by Gasteiger charge is -2.33. The van der Waals surface area contributed by atoms with Crippen molar-refractivity contribution in [2.45, 2.75) is 12.5 Å². The second kappa shape index (κ2) is 6.90. The Hall–Kier alpha value is -1.91. The number of rotatable bonds is 3. The SMILES string of the molecule is O=C(c1cccnc1)N1CCOC(Cc2ccccc2Cl)C1. The minimum atomic E-state index is -0.0331. The van der Waals surface area contributed by atoms with Crippen molar-refractivity contribution in [1.29, 1.82) is 0 Å². The smallest absolute Gasteiger partial charge is 0.255 e. The number of ether oxygens (including phenoxy) is 1. The zero-order valence-electron chi connectivity index (χ0n) is 12.1. The Morgan fingerprint density at radius 2 is 2.18 bits per heavy atom. The Labute approximate surface area is 134 Å². The fourth-order valence-electron chi connectivity index (χ4n) is 2.61. The molecule has 114 valence electrons. The lowest BCUT2D eigenvalue weighted by atomic mass is 10.1. The number of benzene rings is 1. The molecule has 0 spiro atoms. The van der Waals surface area contributed by atoms with Crippen LogP contribution in [0.4, 0.5) is 0 Å². The standard InChI is InChI=1S/C17H17ClN2O2/c18-16-6-2-1-4-13(16)10-15-12-20(8-9-22-15)17(21)14-5-3-7-19-11-14/h1-7,11,15H,8-10,12H2. The van der Waals surface area contributed by atoms with Crippen molar-refractivity contribution < 1.29 is 9.53 Å². The van der Waals surface area contributed by atoms with Gasteiger partial charge < -0.3 is 9.64 Å². The van der Waals surface area contributed by atoms with Gasteiger partial charge in [-0.2, -0.15) is 0 Å². The number of hydrogen-bond acceptors (Lipinski definition) is 3. The van der Waals surface area contributed by atoms with Gasteiger partial charge in [-0.15, -0.1) is 0 Å². The Bertz CT molecular complexity index is 648. The van der Waals surface area contributed by atoms with E-state index in [4.69, 9.17) is 16.3 Å². The first kappa shape index (κ1) is 15.0. The third-order valence-corrected chi connectivity index (χ3v) is 4.11. The van der Waals surface area contributed by atoms with Gasteiger partial charge in [-0.25, -0.2) is 0 Å². The van der Waals surface area contributed by atoms with Crippen molar-refractivity contribution in [2.24, 2.45) is 0 Å². The van der Waals surface area contributed by atoms with Crippen LogP contribution in [0.1, 0.15) is 15.9 Å². The van der Waals surface area contributed by atoms with E-state index in [2.05, 4.69) is 4.98 Å². The molecular formula is C17H17ClN2O2. The van der Waals surface area contributed by atoms with Crippen molar-refractivity contribution in [3.63, 3.8) is 0 Å². The molecule has 2 heterocycles. The van der Waals surface area contributed by atoms with Crippen LogP contribution in [0.15, 0.2) is 48.8 Å². The van der Waals surface area contributed by atoms with E-state index in [0.29, 0.717) is 31.7 Å². The summed E-state index contributed by atoms with van der Waals surface area (Å²) >= 11 is 6.19. The molecule has 1 unspecified atom stereocenters. The van der Waals surface area contributed by atoms with Crippen molar-refractivity contribution >= 4 is 17.5 Å².